The molecule has 0 aliphatic carbocycles. The topological polar surface area (TPSA) is 97.4 Å². The molecule has 2 aliphatic rings. The summed E-state index contributed by atoms with van der Waals surface area (Å²) < 4.78 is 12.0. The van der Waals surface area contributed by atoms with Crippen molar-refractivity contribution >= 4 is 23.5 Å². The predicted molar refractivity (Wildman–Crippen MR) is 119 cm³/mol. The van der Waals surface area contributed by atoms with Gasteiger partial charge in [-0.05, 0) is 55.7 Å². The second-order valence-corrected chi connectivity index (χ2v) is 8.23. The summed E-state index contributed by atoms with van der Waals surface area (Å²) in [7, 11) is 1.63. The quantitative estimate of drug-likeness (QED) is 0.713. The molecular formula is C23H26ClN3O4. The van der Waals surface area contributed by atoms with Crippen LogP contribution in [0.2, 0.25) is 5.02 Å². The Hall–Kier alpha value is -2.77. The maximum absolute atomic E-state index is 13.3. The van der Waals surface area contributed by atoms with Gasteiger partial charge < -0.3 is 20.3 Å². The van der Waals surface area contributed by atoms with Crippen LogP contribution in [0.4, 0.5) is 0 Å². The van der Waals surface area contributed by atoms with E-state index in [9.17, 15) is 9.90 Å². The van der Waals surface area contributed by atoms with Gasteiger partial charge in [0.25, 0.3) is 5.91 Å². The van der Waals surface area contributed by atoms with Crippen molar-refractivity contribution in [1.29, 1.82) is 0 Å². The fourth-order valence-corrected chi connectivity index (χ4v) is 4.45. The van der Waals surface area contributed by atoms with Crippen LogP contribution in [0.3, 0.4) is 0 Å². The number of aliphatic imine (C=N–C) groups is 1. The Balaban J connectivity index is 1.85. The van der Waals surface area contributed by atoms with Gasteiger partial charge in [-0.3, -0.25) is 9.69 Å². The molecule has 2 heterocycles. The van der Waals surface area contributed by atoms with Crippen LogP contribution < -0.4 is 15.2 Å². The summed E-state index contributed by atoms with van der Waals surface area (Å²) in [5.41, 5.74) is 7.24. The summed E-state index contributed by atoms with van der Waals surface area (Å²) >= 11 is 6.26. The van der Waals surface area contributed by atoms with E-state index in [1.807, 2.05) is 37.3 Å². The SMILES string of the molecule is CCOc1ccc(Cl)cc1-c1ccc2c(c1)[C@]1(C[C@H](CCCO)O2)N=C(N)N(C)C1=O. The number of ether oxygens (including phenoxy) is 2. The van der Waals surface area contributed by atoms with Crippen LogP contribution in [0, 0.1) is 0 Å². The maximum atomic E-state index is 13.3. The van der Waals surface area contributed by atoms with Gasteiger partial charge in [0.2, 0.25) is 0 Å². The first-order valence-corrected chi connectivity index (χ1v) is 10.8. The van der Waals surface area contributed by atoms with E-state index < -0.39 is 5.54 Å². The average Bonchev–Trinajstić information content (AvgIpc) is 2.97. The van der Waals surface area contributed by atoms with E-state index in [0.29, 0.717) is 48.0 Å². The average molecular weight is 444 g/mol. The third kappa shape index (κ3) is 3.72. The van der Waals surface area contributed by atoms with E-state index in [2.05, 4.69) is 4.99 Å². The molecule has 0 aromatic heterocycles. The molecular weight excluding hydrogens is 418 g/mol. The first-order valence-electron chi connectivity index (χ1n) is 10.4. The molecule has 0 bridgehead atoms. The zero-order valence-electron chi connectivity index (χ0n) is 17.6. The number of fused-ring (bicyclic) bond motifs is 2. The van der Waals surface area contributed by atoms with Gasteiger partial charge in [-0.25, -0.2) is 4.99 Å². The first kappa shape index (κ1) is 21.5. The van der Waals surface area contributed by atoms with Gasteiger partial charge in [0.05, 0.1) is 6.61 Å². The lowest BCUT2D eigenvalue weighted by molar-refractivity contribution is -0.132. The number of hydrogen-bond donors (Lipinski definition) is 2. The minimum atomic E-state index is -1.15. The predicted octanol–water partition coefficient (Wildman–Crippen LogP) is 3.31. The molecule has 2 aliphatic heterocycles. The smallest absolute Gasteiger partial charge is 0.261 e. The van der Waals surface area contributed by atoms with E-state index in [4.69, 9.17) is 26.8 Å². The first-order chi connectivity index (χ1) is 14.9. The fourth-order valence-electron chi connectivity index (χ4n) is 4.28. The van der Waals surface area contributed by atoms with Crippen LogP contribution in [0.1, 0.15) is 31.7 Å². The van der Waals surface area contributed by atoms with Crippen molar-refractivity contribution in [3.05, 3.63) is 47.0 Å². The monoisotopic (exact) mass is 443 g/mol. The van der Waals surface area contributed by atoms with E-state index >= 15 is 0 Å². The minimum absolute atomic E-state index is 0.0624. The zero-order valence-corrected chi connectivity index (χ0v) is 18.4. The van der Waals surface area contributed by atoms with Crippen molar-refractivity contribution in [2.24, 2.45) is 10.7 Å². The molecule has 1 amide bonds. The number of rotatable bonds is 6. The Morgan fingerprint density at radius 2 is 2.16 bits per heavy atom. The van der Waals surface area contributed by atoms with E-state index in [1.54, 1.807) is 13.1 Å². The van der Waals surface area contributed by atoms with Crippen LogP contribution in [0.5, 0.6) is 11.5 Å². The number of carbonyl (C=O) groups excluding carboxylic acids is 1. The lowest BCUT2D eigenvalue weighted by Crippen LogP contribution is -2.45. The Kier molecular flexibility index (Phi) is 5.81. The summed E-state index contributed by atoms with van der Waals surface area (Å²) in [5.74, 6) is 1.30. The number of nitrogens with two attached hydrogens (primary N) is 1. The number of aliphatic hydroxyl groups is 1. The molecule has 0 saturated carbocycles. The summed E-state index contributed by atoms with van der Waals surface area (Å²) in [4.78, 5) is 19.3. The van der Waals surface area contributed by atoms with Gasteiger partial charge in [-0.2, -0.15) is 0 Å². The maximum Gasteiger partial charge on any atom is 0.261 e. The Morgan fingerprint density at radius 1 is 1.35 bits per heavy atom. The number of nitrogens with zero attached hydrogens (tertiary/aromatic N) is 2. The van der Waals surface area contributed by atoms with Gasteiger partial charge >= 0.3 is 0 Å². The molecule has 2 aromatic rings. The number of benzene rings is 2. The number of guanidine groups is 1. The van der Waals surface area contributed by atoms with Crippen molar-refractivity contribution in [3.63, 3.8) is 0 Å². The van der Waals surface area contributed by atoms with Crippen molar-refractivity contribution in [3.8, 4) is 22.6 Å². The van der Waals surface area contributed by atoms with Crippen molar-refractivity contribution in [1.82, 2.24) is 4.90 Å². The molecule has 4 rings (SSSR count). The lowest BCUT2D eigenvalue weighted by Gasteiger charge is -2.37. The van der Waals surface area contributed by atoms with Crippen LogP contribution >= 0.6 is 11.6 Å². The third-order valence-electron chi connectivity index (χ3n) is 5.79. The molecule has 0 radical (unpaired) electrons. The van der Waals surface area contributed by atoms with E-state index in [-0.39, 0.29) is 24.6 Å². The highest BCUT2D eigenvalue weighted by molar-refractivity contribution is 6.31. The normalized spacial score (nSPS) is 22.3. The minimum Gasteiger partial charge on any atom is -0.493 e. The molecule has 0 fully saturated rings. The standard InChI is InChI=1S/C23H26ClN3O4/c1-3-30-19-9-7-15(24)12-17(19)14-6-8-20-18(11-14)23(13-16(31-20)5-4-10-28)21(29)27(2)22(25)26-23/h6-9,11-12,16,28H,3-5,10,13H2,1-2H3,(H2,25,26)/t16-,23-/m0/s1. The Labute approximate surface area is 186 Å². The van der Waals surface area contributed by atoms with Gasteiger partial charge in [-0.1, -0.05) is 17.7 Å². The molecule has 31 heavy (non-hydrogen) atoms. The summed E-state index contributed by atoms with van der Waals surface area (Å²) in [6.45, 7) is 2.50. The van der Waals surface area contributed by atoms with Crippen molar-refractivity contribution in [2.45, 2.75) is 37.8 Å². The number of hydrogen-bond acceptors (Lipinski definition) is 6. The molecule has 0 unspecified atom stereocenters. The molecule has 1 spiro atoms. The number of carbonyl (C=O) groups is 1. The van der Waals surface area contributed by atoms with Gasteiger partial charge in [-0.15, -0.1) is 0 Å². The zero-order chi connectivity index (χ0) is 22.2. The number of amides is 1. The summed E-state index contributed by atoms with van der Waals surface area (Å²) in [6.07, 6.45) is 1.32. The molecule has 3 N–H and O–H groups in total. The molecule has 164 valence electrons. The summed E-state index contributed by atoms with van der Waals surface area (Å²) in [5, 5.41) is 9.83. The molecule has 8 heteroatoms. The Bertz CT molecular complexity index is 1040. The fraction of sp³-hybridized carbons (Fsp3) is 0.391. The van der Waals surface area contributed by atoms with E-state index in [1.165, 1.54) is 4.90 Å². The van der Waals surface area contributed by atoms with Gasteiger partial charge in [0, 0.05) is 36.2 Å². The van der Waals surface area contributed by atoms with E-state index in [0.717, 1.165) is 11.1 Å². The van der Waals surface area contributed by atoms with Crippen LogP contribution in [-0.2, 0) is 10.3 Å². The van der Waals surface area contributed by atoms with Crippen LogP contribution in [0.25, 0.3) is 11.1 Å². The van der Waals surface area contributed by atoms with Gasteiger partial charge in [0.1, 0.15) is 17.6 Å². The third-order valence-corrected chi connectivity index (χ3v) is 6.02. The second kappa shape index (κ2) is 8.40. The van der Waals surface area contributed by atoms with Crippen LogP contribution in [0.15, 0.2) is 41.4 Å². The van der Waals surface area contributed by atoms with Gasteiger partial charge in [0.15, 0.2) is 11.5 Å². The Morgan fingerprint density at radius 3 is 2.84 bits per heavy atom. The highest BCUT2D eigenvalue weighted by Crippen LogP contribution is 2.48. The lowest BCUT2D eigenvalue weighted by atomic mass is 9.79. The molecule has 7 nitrogen and oxygen atoms in total. The number of aliphatic hydroxyl groups excluding tert-OH is 1. The van der Waals surface area contributed by atoms with Crippen molar-refractivity contribution in [2.75, 3.05) is 20.3 Å². The molecule has 2 aromatic carbocycles. The highest BCUT2D eigenvalue weighted by atomic mass is 35.5. The van der Waals surface area contributed by atoms with Crippen molar-refractivity contribution < 1.29 is 19.4 Å². The largest absolute Gasteiger partial charge is 0.493 e. The van der Waals surface area contributed by atoms with Crippen LogP contribution in [-0.4, -0.2) is 48.2 Å². The summed E-state index contributed by atoms with van der Waals surface area (Å²) in [6, 6.07) is 11.2. The second-order valence-electron chi connectivity index (χ2n) is 7.79. The number of halogens is 1. The number of likely N-dealkylation sites (N-methyl/N-ethyl adjacent to an activating group) is 1. The highest BCUT2D eigenvalue weighted by Gasteiger charge is 2.53. The molecule has 2 atom stereocenters. The molecule has 0 saturated heterocycles.